The molecule has 2 atom stereocenters. The number of carbonyl (C=O) groups is 1. The summed E-state index contributed by atoms with van der Waals surface area (Å²) >= 11 is 1.65. The number of aryl methyl sites for hydroxylation is 1. The van der Waals surface area contributed by atoms with Gasteiger partial charge in [-0.2, -0.15) is 0 Å². The van der Waals surface area contributed by atoms with Crippen molar-refractivity contribution < 1.29 is 9.53 Å². The minimum Gasteiger partial charge on any atom is -0.378 e. The first-order chi connectivity index (χ1) is 10.1. The Balaban J connectivity index is 1.70. The first kappa shape index (κ1) is 16.2. The van der Waals surface area contributed by atoms with Gasteiger partial charge < -0.3 is 15.4 Å². The molecule has 1 saturated heterocycles. The Labute approximate surface area is 130 Å². The van der Waals surface area contributed by atoms with E-state index >= 15 is 0 Å². The predicted molar refractivity (Wildman–Crippen MR) is 84.4 cm³/mol. The highest BCUT2D eigenvalue weighted by Crippen LogP contribution is 2.26. The third-order valence-electron chi connectivity index (χ3n) is 3.80. The van der Waals surface area contributed by atoms with Gasteiger partial charge in [-0.25, -0.2) is 9.78 Å². The van der Waals surface area contributed by atoms with Crippen molar-refractivity contribution in [1.29, 1.82) is 0 Å². The Hall–Kier alpha value is -1.14. The van der Waals surface area contributed by atoms with Gasteiger partial charge in [-0.1, -0.05) is 20.8 Å². The van der Waals surface area contributed by atoms with Gasteiger partial charge in [-0.15, -0.1) is 11.3 Å². The van der Waals surface area contributed by atoms with E-state index in [-0.39, 0.29) is 12.1 Å². The Kier molecular flexibility index (Phi) is 5.99. The van der Waals surface area contributed by atoms with E-state index in [4.69, 9.17) is 4.74 Å². The lowest BCUT2D eigenvalue weighted by atomic mass is 9.93. The van der Waals surface area contributed by atoms with Crippen molar-refractivity contribution in [2.45, 2.75) is 46.3 Å². The fraction of sp³-hybridized carbons (Fsp3) is 0.733. The van der Waals surface area contributed by atoms with E-state index in [0.29, 0.717) is 24.9 Å². The van der Waals surface area contributed by atoms with E-state index in [1.807, 2.05) is 6.20 Å². The van der Waals surface area contributed by atoms with Crippen LogP contribution >= 0.6 is 11.3 Å². The summed E-state index contributed by atoms with van der Waals surface area (Å²) in [5.74, 6) is 0.910. The molecule has 1 aromatic rings. The fourth-order valence-corrected chi connectivity index (χ4v) is 3.45. The second-order valence-electron chi connectivity index (χ2n) is 5.77. The van der Waals surface area contributed by atoms with Crippen molar-refractivity contribution in [3.63, 3.8) is 0 Å². The monoisotopic (exact) mass is 311 g/mol. The number of carbonyl (C=O) groups excluding carboxylic acids is 1. The van der Waals surface area contributed by atoms with Crippen LogP contribution in [0.4, 0.5) is 4.79 Å². The van der Waals surface area contributed by atoms with Crippen LogP contribution in [-0.4, -0.2) is 30.3 Å². The van der Waals surface area contributed by atoms with Gasteiger partial charge in [-0.05, 0) is 18.8 Å². The molecule has 5 nitrogen and oxygen atoms in total. The zero-order valence-electron chi connectivity index (χ0n) is 13.0. The molecule has 2 rings (SSSR count). The number of hydrogen-bond donors (Lipinski definition) is 2. The lowest BCUT2D eigenvalue weighted by molar-refractivity contribution is 0.0545. The lowest BCUT2D eigenvalue weighted by Gasteiger charge is -2.22. The molecule has 0 bridgehead atoms. The summed E-state index contributed by atoms with van der Waals surface area (Å²) in [6.07, 6.45) is 4.15. The average Bonchev–Trinajstić information content (AvgIpc) is 3.11. The van der Waals surface area contributed by atoms with Crippen LogP contribution in [0.3, 0.4) is 0 Å². The van der Waals surface area contributed by atoms with Crippen molar-refractivity contribution >= 4 is 17.4 Å². The van der Waals surface area contributed by atoms with E-state index < -0.39 is 0 Å². The molecule has 0 radical (unpaired) electrons. The molecule has 0 unspecified atom stereocenters. The van der Waals surface area contributed by atoms with Crippen LogP contribution in [0.1, 0.15) is 37.1 Å². The smallest absolute Gasteiger partial charge is 0.315 e. The molecule has 1 aliphatic heterocycles. The van der Waals surface area contributed by atoms with Crippen molar-refractivity contribution in [3.8, 4) is 0 Å². The summed E-state index contributed by atoms with van der Waals surface area (Å²) in [5.41, 5.74) is 0. The Bertz CT molecular complexity index is 462. The van der Waals surface area contributed by atoms with Gasteiger partial charge in [0.05, 0.1) is 12.6 Å². The van der Waals surface area contributed by atoms with E-state index in [9.17, 15) is 4.79 Å². The van der Waals surface area contributed by atoms with E-state index in [1.165, 1.54) is 4.88 Å². The first-order valence-corrected chi connectivity index (χ1v) is 8.48. The molecular formula is C15H25N3O2S. The van der Waals surface area contributed by atoms with Crippen LogP contribution in [0, 0.1) is 11.8 Å². The second kappa shape index (κ2) is 7.75. The van der Waals surface area contributed by atoms with Gasteiger partial charge in [0.1, 0.15) is 5.01 Å². The van der Waals surface area contributed by atoms with Crippen molar-refractivity contribution in [2.75, 3.05) is 13.2 Å². The Morgan fingerprint density at radius 1 is 1.52 bits per heavy atom. The molecule has 1 aromatic heterocycles. The van der Waals surface area contributed by atoms with E-state index in [2.05, 4.69) is 36.4 Å². The molecule has 118 valence electrons. The third kappa shape index (κ3) is 4.68. The lowest BCUT2D eigenvalue weighted by Crippen LogP contribution is -2.40. The molecule has 2 amide bonds. The largest absolute Gasteiger partial charge is 0.378 e. The topological polar surface area (TPSA) is 63.2 Å². The molecule has 0 aliphatic carbocycles. The summed E-state index contributed by atoms with van der Waals surface area (Å²) in [4.78, 5) is 17.4. The van der Waals surface area contributed by atoms with Crippen LogP contribution in [0.25, 0.3) is 0 Å². The van der Waals surface area contributed by atoms with Crippen LogP contribution < -0.4 is 10.6 Å². The number of rotatable bonds is 6. The van der Waals surface area contributed by atoms with Gasteiger partial charge in [0.15, 0.2) is 0 Å². The van der Waals surface area contributed by atoms with Gasteiger partial charge in [0.25, 0.3) is 0 Å². The minimum atomic E-state index is -0.127. The number of amides is 2. The zero-order valence-corrected chi connectivity index (χ0v) is 13.8. The number of nitrogens with zero attached hydrogens (tertiary/aromatic N) is 1. The van der Waals surface area contributed by atoms with Crippen molar-refractivity contribution in [3.05, 3.63) is 16.1 Å². The molecule has 0 aromatic carbocycles. The van der Waals surface area contributed by atoms with Gasteiger partial charge in [0, 0.05) is 30.1 Å². The number of hydrogen-bond acceptors (Lipinski definition) is 4. The highest BCUT2D eigenvalue weighted by molar-refractivity contribution is 7.11. The summed E-state index contributed by atoms with van der Waals surface area (Å²) in [5, 5.41) is 6.76. The maximum atomic E-state index is 11.8. The highest BCUT2D eigenvalue weighted by atomic mass is 32.1. The van der Waals surface area contributed by atoms with Gasteiger partial charge in [-0.3, -0.25) is 0 Å². The average molecular weight is 311 g/mol. The van der Waals surface area contributed by atoms with E-state index in [1.54, 1.807) is 11.3 Å². The molecule has 1 aliphatic rings. The molecule has 6 heteroatoms. The third-order valence-corrected chi connectivity index (χ3v) is 4.94. The first-order valence-electron chi connectivity index (χ1n) is 7.67. The molecular weight excluding hydrogens is 286 g/mol. The molecule has 0 spiro atoms. The number of nitrogens with one attached hydrogen (secondary N) is 2. The van der Waals surface area contributed by atoms with Crippen molar-refractivity contribution in [2.24, 2.45) is 11.8 Å². The summed E-state index contributed by atoms with van der Waals surface area (Å²) < 4.78 is 5.72. The number of aromatic nitrogens is 1. The number of urea groups is 1. The molecule has 2 heterocycles. The van der Waals surface area contributed by atoms with Crippen LogP contribution in [0.2, 0.25) is 0 Å². The Morgan fingerprint density at radius 3 is 3.00 bits per heavy atom. The standard InChI is InChI=1S/C15H25N3O2S/c1-4-12-8-16-13(21-12)9-18-15(19)17-7-11-5-6-20-14(11)10(2)3/h8,10-11,14H,4-7,9H2,1-3H3,(H2,17,18,19)/t11-,14+/m1/s1. The normalized spacial score (nSPS) is 21.7. The zero-order chi connectivity index (χ0) is 15.2. The molecule has 21 heavy (non-hydrogen) atoms. The van der Waals surface area contributed by atoms with Gasteiger partial charge >= 0.3 is 6.03 Å². The highest BCUT2D eigenvalue weighted by Gasteiger charge is 2.30. The van der Waals surface area contributed by atoms with Crippen LogP contribution in [0.5, 0.6) is 0 Å². The van der Waals surface area contributed by atoms with Gasteiger partial charge in [0.2, 0.25) is 0 Å². The van der Waals surface area contributed by atoms with E-state index in [0.717, 1.165) is 24.5 Å². The van der Waals surface area contributed by atoms with Crippen LogP contribution in [-0.2, 0) is 17.7 Å². The summed E-state index contributed by atoms with van der Waals surface area (Å²) in [6, 6.07) is -0.127. The number of ether oxygens (including phenoxy) is 1. The maximum absolute atomic E-state index is 11.8. The maximum Gasteiger partial charge on any atom is 0.315 e. The second-order valence-corrected chi connectivity index (χ2v) is 6.97. The van der Waals surface area contributed by atoms with Crippen molar-refractivity contribution in [1.82, 2.24) is 15.6 Å². The molecule has 1 fully saturated rings. The number of thiazole rings is 1. The SMILES string of the molecule is CCc1cnc(CNC(=O)NC[C@H]2CCO[C@H]2C(C)C)s1. The molecule has 0 saturated carbocycles. The summed E-state index contributed by atoms with van der Waals surface area (Å²) in [7, 11) is 0. The minimum absolute atomic E-state index is 0.127. The van der Waals surface area contributed by atoms with Crippen LogP contribution in [0.15, 0.2) is 6.20 Å². The Morgan fingerprint density at radius 2 is 2.33 bits per heavy atom. The predicted octanol–water partition coefficient (Wildman–Crippen LogP) is 2.57. The molecule has 2 N–H and O–H groups in total. The fourth-order valence-electron chi connectivity index (χ4n) is 2.65. The quantitative estimate of drug-likeness (QED) is 0.848. The summed E-state index contributed by atoms with van der Waals surface area (Å²) in [6.45, 7) is 8.40.